The second-order valence-electron chi connectivity index (χ2n) is 5.77. The van der Waals surface area contributed by atoms with E-state index in [-0.39, 0.29) is 5.78 Å². The molecule has 0 aromatic heterocycles. The minimum atomic E-state index is -0.858. The number of rotatable bonds is 6. The third-order valence-electron chi connectivity index (χ3n) is 4.47. The molecule has 0 radical (unpaired) electrons. The minimum Gasteiger partial charge on any atom is -0.493 e. The van der Waals surface area contributed by atoms with Crippen LogP contribution in [0, 0.1) is 12.8 Å². The molecule has 0 N–H and O–H groups in total. The molecule has 136 valence electrons. The first-order valence-electron chi connectivity index (χ1n) is 7.64. The van der Waals surface area contributed by atoms with Crippen molar-refractivity contribution in [3.63, 3.8) is 0 Å². The molecule has 0 saturated carbocycles. The molecule has 1 aromatic rings. The van der Waals surface area contributed by atoms with Gasteiger partial charge in [-0.05, 0) is 25.5 Å². The van der Waals surface area contributed by atoms with Crippen LogP contribution in [0.5, 0.6) is 17.2 Å². The predicted octanol–water partition coefficient (Wildman–Crippen LogP) is 3.55. The summed E-state index contributed by atoms with van der Waals surface area (Å²) in [6.07, 6.45) is 3.22. The van der Waals surface area contributed by atoms with E-state index in [9.17, 15) is 4.79 Å². The quantitative estimate of drug-likeness (QED) is 0.669. The van der Waals surface area contributed by atoms with E-state index in [1.54, 1.807) is 25.6 Å². The lowest BCUT2D eigenvalue weighted by Crippen LogP contribution is -2.44. The Bertz CT molecular complexity index is 743. The monoisotopic (exact) mass is 411 g/mol. The smallest absolute Gasteiger partial charge is 0.204 e. The van der Waals surface area contributed by atoms with Crippen molar-refractivity contribution in [3.05, 3.63) is 27.9 Å². The van der Waals surface area contributed by atoms with E-state index in [0.717, 1.165) is 5.56 Å². The zero-order chi connectivity index (χ0) is 18.8. The topological polar surface area (TPSA) is 66.4 Å². The molecule has 2 atom stereocenters. The Morgan fingerprint density at radius 1 is 1.16 bits per heavy atom. The predicted molar refractivity (Wildman–Crippen MR) is 99.6 cm³/mol. The Morgan fingerprint density at radius 2 is 1.80 bits per heavy atom. The van der Waals surface area contributed by atoms with Gasteiger partial charge in [-0.25, -0.2) is 0 Å². The maximum Gasteiger partial charge on any atom is 0.204 e. The summed E-state index contributed by atoms with van der Waals surface area (Å²) >= 11 is 3.45. The number of ketones is 1. The molecule has 0 aliphatic carbocycles. The van der Waals surface area contributed by atoms with Gasteiger partial charge in [0, 0.05) is 24.0 Å². The lowest BCUT2D eigenvalue weighted by Gasteiger charge is -2.35. The number of Topliss-reactive ketones (excluding diaryl/α,β-unsaturated/α-hetero) is 1. The summed E-state index contributed by atoms with van der Waals surface area (Å²) < 4.78 is 22.6. The van der Waals surface area contributed by atoms with Gasteiger partial charge < -0.3 is 18.9 Å². The van der Waals surface area contributed by atoms with Crippen LogP contribution < -0.4 is 14.2 Å². The zero-order valence-corrected chi connectivity index (χ0v) is 16.8. The summed E-state index contributed by atoms with van der Waals surface area (Å²) in [7, 11) is 6.10. The van der Waals surface area contributed by atoms with Gasteiger partial charge in [-0.1, -0.05) is 15.9 Å². The minimum absolute atomic E-state index is 0.173. The van der Waals surface area contributed by atoms with Crippen LogP contribution in [-0.2, 0) is 4.74 Å². The highest BCUT2D eigenvalue weighted by Gasteiger charge is 2.44. The third-order valence-corrected chi connectivity index (χ3v) is 5.46. The van der Waals surface area contributed by atoms with Gasteiger partial charge in [0.2, 0.25) is 5.75 Å². The van der Waals surface area contributed by atoms with Crippen molar-refractivity contribution in [2.75, 3.05) is 28.4 Å². The van der Waals surface area contributed by atoms with Gasteiger partial charge in [-0.15, -0.1) is 0 Å². The van der Waals surface area contributed by atoms with Crippen LogP contribution in [0.25, 0.3) is 0 Å². The molecule has 7 heteroatoms. The number of carbonyl (C=O) groups excluding carboxylic acids is 1. The van der Waals surface area contributed by atoms with Crippen LogP contribution in [0.1, 0.15) is 22.8 Å². The first-order valence-corrected chi connectivity index (χ1v) is 8.43. The molecular formula is C18H22BrNO5. The molecule has 1 heterocycles. The molecule has 1 aliphatic heterocycles. The maximum atomic E-state index is 13.4. The van der Waals surface area contributed by atoms with Gasteiger partial charge >= 0.3 is 0 Å². The highest BCUT2D eigenvalue weighted by atomic mass is 79.9. The molecule has 1 aromatic carbocycles. The molecule has 25 heavy (non-hydrogen) atoms. The fourth-order valence-corrected chi connectivity index (χ4v) is 3.42. The number of aryl methyl sites for hydroxylation is 1. The summed E-state index contributed by atoms with van der Waals surface area (Å²) in [6.45, 7) is 3.66. The van der Waals surface area contributed by atoms with Crippen LogP contribution in [0.3, 0.4) is 0 Å². The first-order chi connectivity index (χ1) is 11.8. The summed E-state index contributed by atoms with van der Waals surface area (Å²) in [5, 5.41) is 0. The van der Waals surface area contributed by atoms with Crippen molar-refractivity contribution >= 4 is 27.9 Å². The van der Waals surface area contributed by atoms with Crippen molar-refractivity contribution in [2.45, 2.75) is 19.4 Å². The van der Waals surface area contributed by atoms with Crippen molar-refractivity contribution in [1.29, 1.82) is 0 Å². The Balaban J connectivity index is 2.64. The van der Waals surface area contributed by atoms with Gasteiger partial charge in [0.05, 0.1) is 32.8 Å². The summed E-state index contributed by atoms with van der Waals surface area (Å²) in [4.78, 5) is 17.6. The van der Waals surface area contributed by atoms with Gasteiger partial charge in [0.1, 0.15) is 5.60 Å². The van der Waals surface area contributed by atoms with Crippen LogP contribution in [-0.4, -0.2) is 46.0 Å². The molecule has 2 rings (SSSR count). The number of carbonyl (C=O) groups is 1. The summed E-state index contributed by atoms with van der Waals surface area (Å²) in [6, 6.07) is 1.75. The standard InChI is InChI=1S/C18H22BrNO5/c1-10-7-12(22-3)16(23-4)17(24-5)14(10)15(21)11-8-20-9-13(19)18(11,2)25-6/h7-9,11H,1-6H3. The van der Waals surface area contributed by atoms with E-state index in [2.05, 4.69) is 20.9 Å². The molecule has 0 amide bonds. The molecule has 0 bridgehead atoms. The van der Waals surface area contributed by atoms with E-state index >= 15 is 0 Å². The van der Waals surface area contributed by atoms with Crippen molar-refractivity contribution in [1.82, 2.24) is 0 Å². The average molecular weight is 412 g/mol. The SMILES string of the molecule is COc1cc(C)c(C(=O)C2C=NC=C(Br)C2(C)OC)c(OC)c1OC. The Kier molecular flexibility index (Phi) is 5.90. The van der Waals surface area contributed by atoms with Gasteiger partial charge in [0.25, 0.3) is 0 Å². The Morgan fingerprint density at radius 3 is 2.32 bits per heavy atom. The third kappa shape index (κ3) is 3.18. The number of aliphatic imine (C=N–C) groups is 1. The number of methoxy groups -OCH3 is 4. The van der Waals surface area contributed by atoms with Crippen molar-refractivity contribution < 1.29 is 23.7 Å². The normalized spacial score (nSPS) is 22.4. The van der Waals surface area contributed by atoms with Crippen molar-refractivity contribution in [3.8, 4) is 17.2 Å². The number of halogens is 1. The fourth-order valence-electron chi connectivity index (χ4n) is 2.90. The lowest BCUT2D eigenvalue weighted by atomic mass is 9.81. The lowest BCUT2D eigenvalue weighted by molar-refractivity contribution is 0.0187. The van der Waals surface area contributed by atoms with Crippen LogP contribution in [0.4, 0.5) is 0 Å². The number of nitrogens with zero attached hydrogens (tertiary/aromatic N) is 1. The largest absolute Gasteiger partial charge is 0.493 e. The van der Waals surface area contributed by atoms with Crippen LogP contribution in [0.15, 0.2) is 21.7 Å². The Labute approximate surface area is 155 Å². The highest BCUT2D eigenvalue weighted by Crippen LogP contribution is 2.45. The second-order valence-corrected chi connectivity index (χ2v) is 6.62. The first kappa shape index (κ1) is 19.5. The Hall–Kier alpha value is -1.86. The molecule has 0 saturated heterocycles. The van der Waals surface area contributed by atoms with Gasteiger partial charge in [0.15, 0.2) is 17.3 Å². The van der Waals surface area contributed by atoms with E-state index in [1.165, 1.54) is 21.3 Å². The van der Waals surface area contributed by atoms with E-state index < -0.39 is 11.5 Å². The summed E-state index contributed by atoms with van der Waals surface area (Å²) in [5.41, 5.74) is 0.280. The average Bonchev–Trinajstić information content (AvgIpc) is 2.62. The van der Waals surface area contributed by atoms with Crippen LogP contribution >= 0.6 is 15.9 Å². The van der Waals surface area contributed by atoms with Crippen LogP contribution in [0.2, 0.25) is 0 Å². The number of hydrogen-bond donors (Lipinski definition) is 0. The molecule has 6 nitrogen and oxygen atoms in total. The summed E-state index contributed by atoms with van der Waals surface area (Å²) in [5.74, 6) is 0.416. The van der Waals surface area contributed by atoms with Gasteiger partial charge in [-0.2, -0.15) is 0 Å². The van der Waals surface area contributed by atoms with E-state index in [0.29, 0.717) is 27.3 Å². The van der Waals surface area contributed by atoms with E-state index in [4.69, 9.17) is 18.9 Å². The molecule has 0 fully saturated rings. The van der Waals surface area contributed by atoms with Crippen molar-refractivity contribution in [2.24, 2.45) is 10.9 Å². The molecule has 1 aliphatic rings. The van der Waals surface area contributed by atoms with E-state index in [1.807, 2.05) is 13.8 Å². The number of benzene rings is 1. The van der Waals surface area contributed by atoms with Gasteiger partial charge in [-0.3, -0.25) is 9.79 Å². The number of ether oxygens (including phenoxy) is 4. The molecule has 0 spiro atoms. The maximum absolute atomic E-state index is 13.4. The molecular weight excluding hydrogens is 390 g/mol. The second kappa shape index (κ2) is 7.58. The highest BCUT2D eigenvalue weighted by molar-refractivity contribution is 9.11. The number of hydrogen-bond acceptors (Lipinski definition) is 6. The molecule has 2 unspecified atom stereocenters. The fraction of sp³-hybridized carbons (Fsp3) is 0.444. The zero-order valence-electron chi connectivity index (χ0n) is 15.2.